The summed E-state index contributed by atoms with van der Waals surface area (Å²) in [4.78, 5) is 0. The molecule has 2 rings (SSSR count). The Labute approximate surface area is 107 Å². The van der Waals surface area contributed by atoms with E-state index < -0.39 is 0 Å². The molecule has 1 nitrogen and oxygen atoms in total. The molecule has 0 saturated heterocycles. The van der Waals surface area contributed by atoms with Crippen molar-refractivity contribution in [3.05, 3.63) is 59.1 Å². The van der Waals surface area contributed by atoms with E-state index in [0.717, 1.165) is 10.6 Å². The van der Waals surface area contributed by atoms with Crippen molar-refractivity contribution in [3.8, 4) is 11.1 Å². The first-order chi connectivity index (χ1) is 8.24. The topological polar surface area (TPSA) is 12.0 Å². The number of rotatable bonds is 3. The van der Waals surface area contributed by atoms with Crippen molar-refractivity contribution < 1.29 is 0 Å². The summed E-state index contributed by atoms with van der Waals surface area (Å²) in [6.45, 7) is 2.15. The first-order valence-corrected chi connectivity index (χ1v) is 6.13. The van der Waals surface area contributed by atoms with Gasteiger partial charge in [0.2, 0.25) is 0 Å². The highest BCUT2D eigenvalue weighted by atomic mass is 35.5. The Morgan fingerprint density at radius 1 is 0.941 bits per heavy atom. The molecule has 0 heterocycles. The van der Waals surface area contributed by atoms with Crippen molar-refractivity contribution in [2.45, 2.75) is 13.0 Å². The smallest absolute Gasteiger partial charge is 0.0484 e. The van der Waals surface area contributed by atoms with Crippen LogP contribution in [0, 0.1) is 0 Å². The van der Waals surface area contributed by atoms with Gasteiger partial charge in [0, 0.05) is 16.6 Å². The molecule has 0 spiro atoms. The summed E-state index contributed by atoms with van der Waals surface area (Å²) >= 11 is 6.26. The van der Waals surface area contributed by atoms with Crippen LogP contribution in [0.3, 0.4) is 0 Å². The van der Waals surface area contributed by atoms with Gasteiger partial charge in [-0.15, -0.1) is 0 Å². The van der Waals surface area contributed by atoms with Crippen LogP contribution in [0.1, 0.15) is 18.5 Å². The lowest BCUT2D eigenvalue weighted by Gasteiger charge is -2.16. The van der Waals surface area contributed by atoms with Gasteiger partial charge in [-0.05, 0) is 31.2 Å². The number of benzene rings is 2. The predicted molar refractivity (Wildman–Crippen MR) is 74.4 cm³/mol. The summed E-state index contributed by atoms with van der Waals surface area (Å²) in [5.74, 6) is 0. The second-order valence-corrected chi connectivity index (χ2v) is 4.48. The number of hydrogen-bond acceptors (Lipinski definition) is 1. The predicted octanol–water partition coefficient (Wildman–Crippen LogP) is 4.29. The zero-order valence-corrected chi connectivity index (χ0v) is 10.8. The molecule has 1 unspecified atom stereocenters. The van der Waals surface area contributed by atoms with Gasteiger partial charge in [0.1, 0.15) is 0 Å². The Morgan fingerprint density at radius 2 is 1.53 bits per heavy atom. The molecule has 0 radical (unpaired) electrons. The molecule has 2 aromatic rings. The Morgan fingerprint density at radius 3 is 2.18 bits per heavy atom. The van der Waals surface area contributed by atoms with Gasteiger partial charge in [0.15, 0.2) is 0 Å². The average Bonchev–Trinajstić information content (AvgIpc) is 2.38. The molecule has 0 fully saturated rings. The minimum Gasteiger partial charge on any atom is -0.313 e. The van der Waals surface area contributed by atoms with Gasteiger partial charge in [0.25, 0.3) is 0 Å². The van der Waals surface area contributed by atoms with Crippen LogP contribution in [0.15, 0.2) is 48.5 Å². The summed E-state index contributed by atoms with van der Waals surface area (Å²) < 4.78 is 0. The largest absolute Gasteiger partial charge is 0.313 e. The lowest BCUT2D eigenvalue weighted by Crippen LogP contribution is -2.13. The third kappa shape index (κ3) is 2.51. The molecule has 2 aromatic carbocycles. The van der Waals surface area contributed by atoms with Gasteiger partial charge >= 0.3 is 0 Å². The maximum Gasteiger partial charge on any atom is 0.0484 e. The standard InChI is InChI=1S/C15H16ClN/c1-11(17-2)12-7-3-4-8-13(12)14-9-5-6-10-15(14)16/h3-11,17H,1-2H3. The maximum absolute atomic E-state index is 6.26. The lowest BCUT2D eigenvalue weighted by atomic mass is 9.95. The molecular weight excluding hydrogens is 230 g/mol. The van der Waals surface area contributed by atoms with Crippen molar-refractivity contribution in [2.24, 2.45) is 0 Å². The zero-order chi connectivity index (χ0) is 12.3. The highest BCUT2D eigenvalue weighted by Gasteiger charge is 2.11. The average molecular weight is 246 g/mol. The van der Waals surface area contributed by atoms with E-state index in [2.05, 4.69) is 36.5 Å². The van der Waals surface area contributed by atoms with Crippen LogP contribution in [0.4, 0.5) is 0 Å². The van der Waals surface area contributed by atoms with Gasteiger partial charge in [-0.2, -0.15) is 0 Å². The highest BCUT2D eigenvalue weighted by molar-refractivity contribution is 6.33. The zero-order valence-electron chi connectivity index (χ0n) is 10.1. The number of nitrogens with one attached hydrogen (secondary N) is 1. The van der Waals surface area contributed by atoms with E-state index in [4.69, 9.17) is 11.6 Å². The fraction of sp³-hybridized carbons (Fsp3) is 0.200. The lowest BCUT2D eigenvalue weighted by molar-refractivity contribution is 0.654. The van der Waals surface area contributed by atoms with Crippen LogP contribution >= 0.6 is 11.6 Å². The van der Waals surface area contributed by atoms with Crippen LogP contribution in [0.2, 0.25) is 5.02 Å². The van der Waals surface area contributed by atoms with E-state index in [-0.39, 0.29) is 0 Å². The van der Waals surface area contributed by atoms with Crippen LogP contribution in [0.25, 0.3) is 11.1 Å². The molecule has 0 amide bonds. The third-order valence-electron chi connectivity index (χ3n) is 3.02. The maximum atomic E-state index is 6.26. The first kappa shape index (κ1) is 12.2. The molecule has 0 aromatic heterocycles. The normalized spacial score (nSPS) is 12.4. The van der Waals surface area contributed by atoms with E-state index in [0.29, 0.717) is 6.04 Å². The van der Waals surface area contributed by atoms with E-state index in [1.54, 1.807) is 0 Å². The second kappa shape index (κ2) is 5.35. The van der Waals surface area contributed by atoms with Gasteiger partial charge in [-0.25, -0.2) is 0 Å². The van der Waals surface area contributed by atoms with Crippen molar-refractivity contribution in [3.63, 3.8) is 0 Å². The van der Waals surface area contributed by atoms with Crippen LogP contribution in [0.5, 0.6) is 0 Å². The third-order valence-corrected chi connectivity index (χ3v) is 3.35. The molecular formula is C15H16ClN. The Hall–Kier alpha value is -1.31. The van der Waals surface area contributed by atoms with Crippen molar-refractivity contribution in [2.75, 3.05) is 7.05 Å². The van der Waals surface area contributed by atoms with Gasteiger partial charge in [0.05, 0.1) is 0 Å². The first-order valence-electron chi connectivity index (χ1n) is 5.75. The van der Waals surface area contributed by atoms with Gasteiger partial charge in [-0.3, -0.25) is 0 Å². The van der Waals surface area contributed by atoms with Crippen molar-refractivity contribution in [1.82, 2.24) is 5.32 Å². The molecule has 1 atom stereocenters. The van der Waals surface area contributed by atoms with Gasteiger partial charge in [-0.1, -0.05) is 54.1 Å². The molecule has 2 heteroatoms. The Bertz CT molecular complexity index is 508. The summed E-state index contributed by atoms with van der Waals surface area (Å²) in [6.07, 6.45) is 0. The minimum atomic E-state index is 0.308. The SMILES string of the molecule is CNC(C)c1ccccc1-c1ccccc1Cl. The fourth-order valence-corrected chi connectivity index (χ4v) is 2.19. The quantitative estimate of drug-likeness (QED) is 0.851. The minimum absolute atomic E-state index is 0.308. The Kier molecular flexibility index (Phi) is 3.82. The van der Waals surface area contributed by atoms with Crippen molar-refractivity contribution in [1.29, 1.82) is 0 Å². The van der Waals surface area contributed by atoms with Gasteiger partial charge < -0.3 is 5.32 Å². The molecule has 17 heavy (non-hydrogen) atoms. The molecule has 0 bridgehead atoms. The number of hydrogen-bond donors (Lipinski definition) is 1. The molecule has 0 aliphatic rings. The van der Waals surface area contributed by atoms with E-state index in [1.165, 1.54) is 11.1 Å². The molecule has 0 saturated carbocycles. The Balaban J connectivity index is 2.56. The monoisotopic (exact) mass is 245 g/mol. The van der Waals surface area contributed by atoms with Crippen molar-refractivity contribution >= 4 is 11.6 Å². The van der Waals surface area contributed by atoms with E-state index in [9.17, 15) is 0 Å². The summed E-state index contributed by atoms with van der Waals surface area (Å²) in [5.41, 5.74) is 3.55. The second-order valence-electron chi connectivity index (χ2n) is 4.08. The molecule has 88 valence electrons. The molecule has 1 N–H and O–H groups in total. The summed E-state index contributed by atoms with van der Waals surface area (Å²) in [7, 11) is 1.97. The van der Waals surface area contributed by atoms with E-state index in [1.807, 2.05) is 31.3 Å². The molecule has 0 aliphatic heterocycles. The van der Waals surface area contributed by atoms with Crippen LogP contribution < -0.4 is 5.32 Å². The summed E-state index contributed by atoms with van der Waals surface area (Å²) in [6, 6.07) is 16.6. The van der Waals surface area contributed by atoms with Crippen LogP contribution in [-0.4, -0.2) is 7.05 Å². The highest BCUT2D eigenvalue weighted by Crippen LogP contribution is 2.32. The number of halogens is 1. The fourth-order valence-electron chi connectivity index (χ4n) is 1.96. The van der Waals surface area contributed by atoms with E-state index >= 15 is 0 Å². The molecule has 0 aliphatic carbocycles. The van der Waals surface area contributed by atoms with Crippen LogP contribution in [-0.2, 0) is 0 Å². The summed E-state index contributed by atoms with van der Waals surface area (Å²) in [5, 5.41) is 4.06.